The lowest BCUT2D eigenvalue weighted by Crippen LogP contribution is -2.51. The van der Waals surface area contributed by atoms with E-state index in [0.29, 0.717) is 11.1 Å². The predicted octanol–water partition coefficient (Wildman–Crippen LogP) is 0.538. The Kier molecular flexibility index (Phi) is 13.4. The molecule has 0 saturated carbocycles. The topological polar surface area (TPSA) is 196 Å². The van der Waals surface area contributed by atoms with E-state index in [-0.39, 0.29) is 39.0 Å². The van der Waals surface area contributed by atoms with Crippen molar-refractivity contribution in [2.75, 3.05) is 45.8 Å². The fourth-order valence-electron chi connectivity index (χ4n) is 4.46. The van der Waals surface area contributed by atoms with Crippen LogP contribution in [-0.4, -0.2) is 128 Å². The maximum absolute atomic E-state index is 12.1. The van der Waals surface area contributed by atoms with Gasteiger partial charge in [-0.3, -0.25) is 38.7 Å². The van der Waals surface area contributed by atoms with Gasteiger partial charge in [-0.1, -0.05) is 60.7 Å². The molecule has 0 saturated heterocycles. The Morgan fingerprint density at radius 1 is 0.512 bits per heavy atom. The summed E-state index contributed by atoms with van der Waals surface area (Å²) in [6.07, 6.45) is 0.0447. The van der Waals surface area contributed by atoms with E-state index in [2.05, 4.69) is 0 Å². The van der Waals surface area contributed by atoms with E-state index in [1.54, 1.807) is 60.7 Å². The minimum absolute atomic E-state index is 0.0224. The molecule has 0 bridgehead atoms. The number of carboxylic acids is 5. The molecule has 2 atom stereocenters. The molecule has 2 aromatic carbocycles. The second-order valence-corrected chi connectivity index (χ2v) is 9.49. The summed E-state index contributed by atoms with van der Waals surface area (Å²) in [5.41, 5.74) is 1.36. The predicted molar refractivity (Wildman–Crippen MR) is 146 cm³/mol. The van der Waals surface area contributed by atoms with Crippen molar-refractivity contribution in [2.45, 2.75) is 24.9 Å². The first-order valence-electron chi connectivity index (χ1n) is 12.9. The van der Waals surface area contributed by atoms with Crippen molar-refractivity contribution < 1.29 is 49.5 Å². The first-order valence-corrected chi connectivity index (χ1v) is 12.9. The van der Waals surface area contributed by atoms with Gasteiger partial charge in [0.05, 0.1) is 19.6 Å². The van der Waals surface area contributed by atoms with Gasteiger partial charge in [-0.2, -0.15) is 0 Å². The zero-order valence-corrected chi connectivity index (χ0v) is 22.4. The Morgan fingerprint density at radius 3 is 1.15 bits per heavy atom. The van der Waals surface area contributed by atoms with Crippen LogP contribution in [0.15, 0.2) is 60.7 Å². The Morgan fingerprint density at radius 2 is 0.854 bits per heavy atom. The molecule has 0 heterocycles. The molecular formula is C28H35N3O10. The molecule has 2 aromatic rings. The highest BCUT2D eigenvalue weighted by atomic mass is 16.4. The van der Waals surface area contributed by atoms with E-state index >= 15 is 0 Å². The monoisotopic (exact) mass is 573 g/mol. The van der Waals surface area contributed by atoms with E-state index in [4.69, 9.17) is 0 Å². The second-order valence-electron chi connectivity index (χ2n) is 9.49. The van der Waals surface area contributed by atoms with Gasteiger partial charge >= 0.3 is 29.8 Å². The van der Waals surface area contributed by atoms with Crippen molar-refractivity contribution in [1.82, 2.24) is 14.7 Å². The Labute approximate surface area is 236 Å². The summed E-state index contributed by atoms with van der Waals surface area (Å²) in [6.45, 7) is -2.06. The van der Waals surface area contributed by atoms with Crippen molar-refractivity contribution in [3.63, 3.8) is 0 Å². The summed E-state index contributed by atoms with van der Waals surface area (Å²) >= 11 is 0. The minimum Gasteiger partial charge on any atom is -0.480 e. The van der Waals surface area contributed by atoms with Crippen molar-refractivity contribution in [1.29, 1.82) is 0 Å². The van der Waals surface area contributed by atoms with Gasteiger partial charge in [0.1, 0.15) is 12.1 Å². The van der Waals surface area contributed by atoms with Crippen LogP contribution in [0.4, 0.5) is 0 Å². The van der Waals surface area contributed by atoms with Crippen LogP contribution in [0.25, 0.3) is 0 Å². The molecule has 41 heavy (non-hydrogen) atoms. The number of hydrogen-bond acceptors (Lipinski definition) is 8. The van der Waals surface area contributed by atoms with Crippen LogP contribution in [0.1, 0.15) is 11.1 Å². The molecule has 0 aliphatic carbocycles. The molecule has 0 aliphatic rings. The third-order valence-electron chi connectivity index (χ3n) is 6.44. The average molecular weight is 574 g/mol. The fraction of sp³-hybridized carbons (Fsp3) is 0.393. The fourth-order valence-corrected chi connectivity index (χ4v) is 4.46. The SMILES string of the molecule is O=C(O)CN(CCN(CC(=O)O)C(Cc1ccccc1)C(=O)O)CCN(CC(=O)O)C(Cc1ccccc1)C(=O)O. The molecule has 0 fully saturated rings. The standard InChI is InChI=1S/C28H35N3O10/c32-24(33)17-29(11-13-30(18-25(34)35)22(27(38)39)15-20-7-3-1-4-8-20)12-14-31(19-26(36)37)23(28(40)41)16-21-9-5-2-6-10-21/h1-10,22-23H,11-19H2,(H,32,33)(H,34,35)(H,36,37)(H,38,39)(H,40,41). The molecule has 0 aliphatic heterocycles. The first-order chi connectivity index (χ1) is 19.5. The van der Waals surface area contributed by atoms with Gasteiger partial charge in [0, 0.05) is 26.2 Å². The summed E-state index contributed by atoms with van der Waals surface area (Å²) in [5, 5.41) is 48.0. The molecular weight excluding hydrogens is 538 g/mol. The lowest BCUT2D eigenvalue weighted by atomic mass is 10.0. The van der Waals surface area contributed by atoms with Crippen molar-refractivity contribution in [3.8, 4) is 0 Å². The van der Waals surface area contributed by atoms with E-state index in [0.717, 1.165) is 0 Å². The minimum atomic E-state index is -1.26. The first kappa shape index (κ1) is 32.9. The third-order valence-corrected chi connectivity index (χ3v) is 6.44. The van der Waals surface area contributed by atoms with Crippen LogP contribution in [-0.2, 0) is 36.8 Å². The molecule has 13 nitrogen and oxygen atoms in total. The highest BCUT2D eigenvalue weighted by Crippen LogP contribution is 2.12. The van der Waals surface area contributed by atoms with Gasteiger partial charge in [-0.25, -0.2) is 0 Å². The summed E-state index contributed by atoms with van der Waals surface area (Å²) in [5.74, 6) is -6.20. The number of carboxylic acid groups (broad SMARTS) is 5. The van der Waals surface area contributed by atoms with Crippen LogP contribution in [0.3, 0.4) is 0 Å². The van der Waals surface area contributed by atoms with Crippen molar-refractivity contribution in [3.05, 3.63) is 71.8 Å². The van der Waals surface area contributed by atoms with Crippen LogP contribution >= 0.6 is 0 Å². The molecule has 2 unspecified atom stereocenters. The van der Waals surface area contributed by atoms with Gasteiger partial charge in [0.2, 0.25) is 0 Å². The van der Waals surface area contributed by atoms with Crippen LogP contribution in [0.2, 0.25) is 0 Å². The van der Waals surface area contributed by atoms with Crippen LogP contribution in [0, 0.1) is 0 Å². The molecule has 5 N–H and O–H groups in total. The number of aliphatic carboxylic acids is 5. The van der Waals surface area contributed by atoms with Gasteiger partial charge < -0.3 is 25.5 Å². The Hall–Kier alpha value is -4.33. The van der Waals surface area contributed by atoms with E-state index in [9.17, 15) is 49.5 Å². The molecule has 0 aromatic heterocycles. The quantitative estimate of drug-likeness (QED) is 0.147. The highest BCUT2D eigenvalue weighted by Gasteiger charge is 2.30. The number of hydrogen-bond donors (Lipinski definition) is 5. The summed E-state index contributed by atoms with van der Waals surface area (Å²) < 4.78 is 0. The summed E-state index contributed by atoms with van der Waals surface area (Å²) in [6, 6.07) is 14.9. The number of nitrogens with zero attached hydrogens (tertiary/aromatic N) is 3. The van der Waals surface area contributed by atoms with Crippen molar-refractivity contribution >= 4 is 29.8 Å². The smallest absolute Gasteiger partial charge is 0.321 e. The van der Waals surface area contributed by atoms with Gasteiger partial charge in [0.15, 0.2) is 0 Å². The van der Waals surface area contributed by atoms with E-state index < -0.39 is 61.6 Å². The average Bonchev–Trinajstić information content (AvgIpc) is 2.90. The molecule has 0 radical (unpaired) electrons. The van der Waals surface area contributed by atoms with Crippen LogP contribution in [0.5, 0.6) is 0 Å². The van der Waals surface area contributed by atoms with Crippen molar-refractivity contribution in [2.24, 2.45) is 0 Å². The van der Waals surface area contributed by atoms with E-state index in [1.807, 2.05) is 0 Å². The largest absolute Gasteiger partial charge is 0.480 e. The number of benzene rings is 2. The summed E-state index contributed by atoms with van der Waals surface area (Å²) in [4.78, 5) is 62.7. The number of carbonyl (C=O) groups is 5. The zero-order valence-electron chi connectivity index (χ0n) is 22.4. The molecule has 2 rings (SSSR count). The highest BCUT2D eigenvalue weighted by molar-refractivity contribution is 5.76. The third kappa shape index (κ3) is 12.2. The molecule has 0 spiro atoms. The van der Waals surface area contributed by atoms with Gasteiger partial charge in [-0.05, 0) is 24.0 Å². The van der Waals surface area contributed by atoms with E-state index in [1.165, 1.54) is 14.7 Å². The molecule has 0 amide bonds. The molecule has 222 valence electrons. The maximum Gasteiger partial charge on any atom is 0.321 e. The normalized spacial score (nSPS) is 12.8. The number of rotatable bonds is 20. The zero-order chi connectivity index (χ0) is 30.4. The lowest BCUT2D eigenvalue weighted by molar-refractivity contribution is -0.147. The second kappa shape index (κ2) is 16.7. The summed E-state index contributed by atoms with van der Waals surface area (Å²) in [7, 11) is 0. The molecule has 13 heteroatoms. The van der Waals surface area contributed by atoms with Crippen LogP contribution < -0.4 is 0 Å². The maximum atomic E-state index is 12.1. The Balaban J connectivity index is 2.20. The van der Waals surface area contributed by atoms with Gasteiger partial charge in [0.25, 0.3) is 0 Å². The Bertz CT molecular complexity index is 1080. The lowest BCUT2D eigenvalue weighted by Gasteiger charge is -2.32. The van der Waals surface area contributed by atoms with Gasteiger partial charge in [-0.15, -0.1) is 0 Å².